The van der Waals surface area contributed by atoms with E-state index in [1.165, 1.54) is 18.4 Å². The van der Waals surface area contributed by atoms with E-state index in [2.05, 4.69) is 24.0 Å². The molecule has 1 unspecified atom stereocenters. The molecule has 1 saturated carbocycles. The summed E-state index contributed by atoms with van der Waals surface area (Å²) in [5, 5.41) is 0. The Kier molecular flexibility index (Phi) is 4.76. The van der Waals surface area contributed by atoms with Crippen LogP contribution in [0.1, 0.15) is 49.7 Å². The lowest BCUT2D eigenvalue weighted by Crippen LogP contribution is -2.37. The van der Waals surface area contributed by atoms with Crippen LogP contribution in [0, 0.1) is 18.3 Å². The van der Waals surface area contributed by atoms with E-state index >= 15 is 0 Å². The summed E-state index contributed by atoms with van der Waals surface area (Å²) in [6, 6.07) is 8.21. The molecule has 0 N–H and O–H groups in total. The standard InChI is InChI=1S/C22H30N2O2/c1-17-3-5-18(6-4-17)15-20(25)23-12-2-9-22(10-13-23)11-14-24(21(22)26)16-19-7-8-19/h3-6,19H,2,7-16H2,1H3. The normalized spacial score (nSPS) is 26.4. The lowest BCUT2D eigenvalue weighted by molar-refractivity contribution is -0.137. The van der Waals surface area contributed by atoms with Crippen LogP contribution in [-0.4, -0.2) is 47.8 Å². The second-order valence-electron chi connectivity index (χ2n) is 8.62. The minimum Gasteiger partial charge on any atom is -0.342 e. The highest BCUT2D eigenvalue weighted by Crippen LogP contribution is 2.43. The van der Waals surface area contributed by atoms with E-state index in [-0.39, 0.29) is 11.3 Å². The van der Waals surface area contributed by atoms with Gasteiger partial charge < -0.3 is 9.80 Å². The number of rotatable bonds is 4. The first kappa shape index (κ1) is 17.6. The fourth-order valence-electron chi connectivity index (χ4n) is 4.58. The van der Waals surface area contributed by atoms with Crippen molar-refractivity contribution in [1.29, 1.82) is 0 Å². The second kappa shape index (κ2) is 7.05. The molecule has 1 spiro atoms. The Labute approximate surface area is 156 Å². The maximum atomic E-state index is 13.0. The Hall–Kier alpha value is -1.84. The summed E-state index contributed by atoms with van der Waals surface area (Å²) in [5.41, 5.74) is 2.11. The Morgan fingerprint density at radius 2 is 1.81 bits per heavy atom. The fourth-order valence-corrected chi connectivity index (χ4v) is 4.58. The number of carbonyl (C=O) groups is 2. The molecule has 3 fully saturated rings. The van der Waals surface area contributed by atoms with E-state index in [1.807, 2.05) is 17.0 Å². The van der Waals surface area contributed by atoms with Gasteiger partial charge in [0, 0.05) is 26.2 Å². The molecule has 3 aliphatic rings. The average Bonchev–Trinajstić information content (AvgIpc) is 3.42. The van der Waals surface area contributed by atoms with Gasteiger partial charge in [-0.25, -0.2) is 0 Å². The molecule has 0 radical (unpaired) electrons. The van der Waals surface area contributed by atoms with Crippen LogP contribution in [0.5, 0.6) is 0 Å². The van der Waals surface area contributed by atoms with Gasteiger partial charge in [0.05, 0.1) is 11.8 Å². The summed E-state index contributed by atoms with van der Waals surface area (Å²) in [4.78, 5) is 29.9. The minimum atomic E-state index is -0.187. The molecule has 0 bridgehead atoms. The Morgan fingerprint density at radius 3 is 2.54 bits per heavy atom. The Balaban J connectivity index is 1.36. The van der Waals surface area contributed by atoms with Gasteiger partial charge in [-0.1, -0.05) is 29.8 Å². The SMILES string of the molecule is Cc1ccc(CC(=O)N2CCCC3(CC2)CCN(CC2CC2)C3=O)cc1. The Bertz CT molecular complexity index is 680. The number of nitrogens with zero attached hydrogens (tertiary/aromatic N) is 2. The van der Waals surface area contributed by atoms with Crippen molar-refractivity contribution in [2.24, 2.45) is 11.3 Å². The van der Waals surface area contributed by atoms with E-state index < -0.39 is 0 Å². The van der Waals surface area contributed by atoms with Crippen molar-refractivity contribution in [3.63, 3.8) is 0 Å². The van der Waals surface area contributed by atoms with Gasteiger partial charge in [0.2, 0.25) is 11.8 Å². The quantitative estimate of drug-likeness (QED) is 0.833. The molecule has 26 heavy (non-hydrogen) atoms. The van der Waals surface area contributed by atoms with Crippen molar-refractivity contribution < 1.29 is 9.59 Å². The second-order valence-corrected chi connectivity index (χ2v) is 8.62. The molecule has 2 saturated heterocycles. The molecule has 4 rings (SSSR count). The van der Waals surface area contributed by atoms with Crippen molar-refractivity contribution in [3.05, 3.63) is 35.4 Å². The summed E-state index contributed by atoms with van der Waals surface area (Å²) in [5.74, 6) is 1.33. The van der Waals surface area contributed by atoms with Gasteiger partial charge >= 0.3 is 0 Å². The van der Waals surface area contributed by atoms with Crippen molar-refractivity contribution in [2.75, 3.05) is 26.2 Å². The highest BCUT2D eigenvalue weighted by Gasteiger charge is 2.47. The molecule has 1 atom stereocenters. The lowest BCUT2D eigenvalue weighted by Gasteiger charge is -2.27. The van der Waals surface area contributed by atoms with Gasteiger partial charge in [0.25, 0.3) is 0 Å². The van der Waals surface area contributed by atoms with Crippen LogP contribution < -0.4 is 0 Å². The number of hydrogen-bond acceptors (Lipinski definition) is 2. The molecule has 2 heterocycles. The third-order valence-corrected chi connectivity index (χ3v) is 6.55. The highest BCUT2D eigenvalue weighted by molar-refractivity contribution is 5.85. The van der Waals surface area contributed by atoms with Crippen LogP contribution in [-0.2, 0) is 16.0 Å². The van der Waals surface area contributed by atoms with Crippen LogP contribution in [0.4, 0.5) is 0 Å². The van der Waals surface area contributed by atoms with Crippen molar-refractivity contribution in [1.82, 2.24) is 9.80 Å². The van der Waals surface area contributed by atoms with E-state index in [1.54, 1.807) is 0 Å². The topological polar surface area (TPSA) is 40.6 Å². The summed E-state index contributed by atoms with van der Waals surface area (Å²) in [6.45, 7) is 5.48. The predicted octanol–water partition coefficient (Wildman–Crippen LogP) is 3.18. The first-order chi connectivity index (χ1) is 12.6. The number of benzene rings is 1. The van der Waals surface area contributed by atoms with Gasteiger partial charge in [-0.15, -0.1) is 0 Å². The molecule has 4 nitrogen and oxygen atoms in total. The van der Waals surface area contributed by atoms with Gasteiger partial charge in [-0.05, 0) is 56.9 Å². The lowest BCUT2D eigenvalue weighted by atomic mass is 9.79. The molecule has 1 aliphatic carbocycles. The molecule has 140 valence electrons. The molecule has 4 heteroatoms. The molecule has 2 amide bonds. The van der Waals surface area contributed by atoms with Crippen molar-refractivity contribution in [3.8, 4) is 0 Å². The molecule has 2 aliphatic heterocycles. The Morgan fingerprint density at radius 1 is 1.08 bits per heavy atom. The summed E-state index contributed by atoms with van der Waals surface area (Å²) in [6.07, 6.45) is 6.76. The van der Waals surface area contributed by atoms with Gasteiger partial charge in [0.15, 0.2) is 0 Å². The zero-order valence-electron chi connectivity index (χ0n) is 15.9. The highest BCUT2D eigenvalue weighted by atomic mass is 16.2. The minimum absolute atomic E-state index is 0.187. The first-order valence-corrected chi connectivity index (χ1v) is 10.2. The van der Waals surface area contributed by atoms with E-state index in [0.717, 1.165) is 63.3 Å². The molecular formula is C22H30N2O2. The van der Waals surface area contributed by atoms with Gasteiger partial charge in [-0.3, -0.25) is 9.59 Å². The van der Waals surface area contributed by atoms with Gasteiger partial charge in [0.1, 0.15) is 0 Å². The van der Waals surface area contributed by atoms with Crippen molar-refractivity contribution in [2.45, 2.75) is 51.9 Å². The average molecular weight is 354 g/mol. The summed E-state index contributed by atoms with van der Waals surface area (Å²) in [7, 11) is 0. The van der Waals surface area contributed by atoms with E-state index in [4.69, 9.17) is 0 Å². The van der Waals surface area contributed by atoms with Crippen LogP contribution >= 0.6 is 0 Å². The van der Waals surface area contributed by atoms with Crippen LogP contribution in [0.2, 0.25) is 0 Å². The zero-order chi connectivity index (χ0) is 18.1. The maximum Gasteiger partial charge on any atom is 0.228 e. The number of likely N-dealkylation sites (tertiary alicyclic amines) is 2. The third kappa shape index (κ3) is 3.65. The zero-order valence-corrected chi connectivity index (χ0v) is 15.9. The van der Waals surface area contributed by atoms with Crippen LogP contribution in [0.3, 0.4) is 0 Å². The monoisotopic (exact) mass is 354 g/mol. The molecule has 1 aromatic rings. The maximum absolute atomic E-state index is 13.0. The molecule has 0 aromatic heterocycles. The summed E-state index contributed by atoms with van der Waals surface area (Å²) < 4.78 is 0. The first-order valence-electron chi connectivity index (χ1n) is 10.2. The van der Waals surface area contributed by atoms with E-state index in [9.17, 15) is 9.59 Å². The number of aryl methyl sites for hydroxylation is 1. The smallest absolute Gasteiger partial charge is 0.228 e. The number of carbonyl (C=O) groups excluding carboxylic acids is 2. The van der Waals surface area contributed by atoms with Crippen molar-refractivity contribution >= 4 is 11.8 Å². The van der Waals surface area contributed by atoms with Gasteiger partial charge in [-0.2, -0.15) is 0 Å². The van der Waals surface area contributed by atoms with Crippen LogP contribution in [0.15, 0.2) is 24.3 Å². The van der Waals surface area contributed by atoms with E-state index in [0.29, 0.717) is 12.3 Å². The molecule has 1 aromatic carbocycles. The number of amides is 2. The molecular weight excluding hydrogens is 324 g/mol. The number of hydrogen-bond donors (Lipinski definition) is 0. The largest absolute Gasteiger partial charge is 0.342 e. The third-order valence-electron chi connectivity index (χ3n) is 6.55. The fraction of sp³-hybridized carbons (Fsp3) is 0.636. The van der Waals surface area contributed by atoms with Crippen LogP contribution in [0.25, 0.3) is 0 Å². The summed E-state index contributed by atoms with van der Waals surface area (Å²) >= 11 is 0. The predicted molar refractivity (Wildman–Crippen MR) is 102 cm³/mol.